The molecule has 4 nitrogen and oxygen atoms in total. The molecular formula is C27H34INO3S. The fraction of sp³-hybridized carbons (Fsp3) is 0.630. The standard InChI is InChI=1S/C27H34INO3S/c1-26(2,11-6-4-5-7-14-29-18-33)19-15-23(31)25-21-17-20(30)9-10-22(21)27(3,12-8-13-28)32-24(25)16-19/h15-16,21-22,31H,4-7,9-11,13-14,17H2,1-3H3/t21-,22-,27+/m1/s1. The number of benzene rings is 1. The molecule has 2 aliphatic rings. The Labute approximate surface area is 217 Å². The molecule has 0 aromatic heterocycles. The van der Waals surface area contributed by atoms with E-state index in [9.17, 15) is 9.90 Å². The number of hydrogen-bond acceptors (Lipinski definition) is 5. The zero-order valence-corrected chi connectivity index (χ0v) is 22.9. The van der Waals surface area contributed by atoms with E-state index in [1.54, 1.807) is 0 Å². The molecule has 3 atom stereocenters. The van der Waals surface area contributed by atoms with Gasteiger partial charge in [0.05, 0.1) is 9.59 Å². The van der Waals surface area contributed by atoms with Gasteiger partial charge in [0.25, 0.3) is 0 Å². The van der Waals surface area contributed by atoms with Crippen molar-refractivity contribution < 1.29 is 14.6 Å². The highest BCUT2D eigenvalue weighted by Gasteiger charge is 2.49. The van der Waals surface area contributed by atoms with Gasteiger partial charge in [-0.1, -0.05) is 67.5 Å². The number of phenols is 1. The second kappa shape index (κ2) is 11.3. The van der Waals surface area contributed by atoms with Crippen molar-refractivity contribution in [1.82, 2.24) is 0 Å². The van der Waals surface area contributed by atoms with Crippen LogP contribution in [0.25, 0.3) is 0 Å². The van der Waals surface area contributed by atoms with Gasteiger partial charge >= 0.3 is 0 Å². The molecule has 0 radical (unpaired) electrons. The SMILES string of the molecule is CC(C)(CCCCCCN=C=S)c1cc(O)c2c(c1)O[C@@](C)(C#CCI)[C@@H]1CCC(=O)C[C@@H]21. The number of rotatable bonds is 8. The Bertz CT molecular complexity index is 989. The van der Waals surface area contributed by atoms with Crippen molar-refractivity contribution >= 4 is 45.8 Å². The minimum atomic E-state index is -0.649. The molecule has 178 valence electrons. The summed E-state index contributed by atoms with van der Waals surface area (Å²) >= 11 is 6.86. The van der Waals surface area contributed by atoms with Gasteiger partial charge < -0.3 is 9.84 Å². The van der Waals surface area contributed by atoms with Gasteiger partial charge in [-0.15, -0.1) is 0 Å². The molecule has 33 heavy (non-hydrogen) atoms. The third kappa shape index (κ3) is 6.18. The summed E-state index contributed by atoms with van der Waals surface area (Å²) in [6.45, 7) is 7.24. The van der Waals surface area contributed by atoms with E-state index < -0.39 is 5.60 Å². The summed E-state index contributed by atoms with van der Waals surface area (Å²) in [5, 5.41) is 13.5. The molecule has 3 rings (SSSR count). The predicted molar refractivity (Wildman–Crippen MR) is 145 cm³/mol. The Morgan fingerprint density at radius 2 is 2.06 bits per heavy atom. The Hall–Kier alpha value is -1.42. The number of ketones is 1. The maximum atomic E-state index is 12.3. The quantitative estimate of drug-likeness (QED) is 0.0923. The minimum Gasteiger partial charge on any atom is -0.508 e. The first-order valence-corrected chi connectivity index (χ1v) is 13.8. The molecular weight excluding hydrogens is 545 g/mol. The second-order valence-corrected chi connectivity index (χ2v) is 11.0. The van der Waals surface area contributed by atoms with Crippen molar-refractivity contribution in [3.8, 4) is 23.3 Å². The molecule has 1 aromatic carbocycles. The number of Topliss-reactive ketones (excluding diaryl/α,β-unsaturated/α-hetero) is 1. The first-order valence-electron chi connectivity index (χ1n) is 11.9. The van der Waals surface area contributed by atoms with Crippen LogP contribution in [0, 0.1) is 17.8 Å². The molecule has 1 aliphatic carbocycles. The van der Waals surface area contributed by atoms with Crippen LogP contribution in [-0.2, 0) is 10.2 Å². The maximum absolute atomic E-state index is 12.3. The number of unbranched alkanes of at least 4 members (excludes halogenated alkanes) is 3. The zero-order chi connectivity index (χ0) is 24.1. The zero-order valence-electron chi connectivity index (χ0n) is 19.9. The van der Waals surface area contributed by atoms with Gasteiger partial charge in [-0.3, -0.25) is 4.79 Å². The monoisotopic (exact) mass is 579 g/mol. The highest BCUT2D eigenvalue weighted by atomic mass is 127. The van der Waals surface area contributed by atoms with Gasteiger partial charge in [-0.2, -0.15) is 0 Å². The molecule has 1 fully saturated rings. The summed E-state index contributed by atoms with van der Waals surface area (Å²) in [6, 6.07) is 3.98. The predicted octanol–water partition coefficient (Wildman–Crippen LogP) is 6.77. The number of carbonyl (C=O) groups excluding carboxylic acids is 1. The largest absolute Gasteiger partial charge is 0.508 e. The molecule has 1 aliphatic heterocycles. The molecule has 0 spiro atoms. The van der Waals surface area contributed by atoms with Crippen LogP contribution in [0.2, 0.25) is 0 Å². The van der Waals surface area contributed by atoms with Crippen molar-refractivity contribution in [3.63, 3.8) is 0 Å². The van der Waals surface area contributed by atoms with Gasteiger partial charge in [-0.25, -0.2) is 4.99 Å². The van der Waals surface area contributed by atoms with Crippen molar-refractivity contribution in [2.75, 3.05) is 11.0 Å². The number of phenolic OH excluding ortho intramolecular Hbond substituents is 1. The summed E-state index contributed by atoms with van der Waals surface area (Å²) in [5.74, 6) is 7.80. The molecule has 1 N–H and O–H groups in total. The van der Waals surface area contributed by atoms with Crippen LogP contribution >= 0.6 is 34.8 Å². The summed E-state index contributed by atoms with van der Waals surface area (Å²) in [4.78, 5) is 16.3. The fourth-order valence-corrected chi connectivity index (χ4v) is 5.64. The lowest BCUT2D eigenvalue weighted by atomic mass is 9.65. The average Bonchev–Trinajstić information content (AvgIpc) is 2.76. The van der Waals surface area contributed by atoms with E-state index >= 15 is 0 Å². The lowest BCUT2D eigenvalue weighted by molar-refractivity contribution is -0.123. The topological polar surface area (TPSA) is 58.9 Å². The van der Waals surface area contributed by atoms with Crippen LogP contribution in [-0.4, -0.2) is 32.6 Å². The molecule has 0 bridgehead atoms. The smallest absolute Gasteiger partial charge is 0.169 e. The van der Waals surface area contributed by atoms with Gasteiger partial charge in [0.15, 0.2) is 5.60 Å². The van der Waals surface area contributed by atoms with Crippen molar-refractivity contribution in [1.29, 1.82) is 0 Å². The van der Waals surface area contributed by atoms with E-state index in [0.717, 1.165) is 60.6 Å². The number of aromatic hydroxyl groups is 1. The summed E-state index contributed by atoms with van der Waals surface area (Å²) in [7, 11) is 0. The van der Waals surface area contributed by atoms with Crippen LogP contribution < -0.4 is 4.74 Å². The molecule has 6 heteroatoms. The Balaban J connectivity index is 1.84. The van der Waals surface area contributed by atoms with Gasteiger partial charge in [-0.05, 0) is 61.5 Å². The number of thiocarbonyl (C=S) groups is 1. The van der Waals surface area contributed by atoms with E-state index in [1.807, 2.05) is 13.0 Å². The van der Waals surface area contributed by atoms with Crippen LogP contribution in [0.5, 0.6) is 11.5 Å². The number of aliphatic imine (C=N–C) groups is 1. The number of isothiocyanates is 1. The van der Waals surface area contributed by atoms with E-state index in [-0.39, 0.29) is 28.8 Å². The van der Waals surface area contributed by atoms with Crippen LogP contribution in [0.15, 0.2) is 17.1 Å². The van der Waals surface area contributed by atoms with Crippen molar-refractivity contribution in [2.45, 2.75) is 89.1 Å². The number of hydrogen-bond donors (Lipinski definition) is 1. The van der Waals surface area contributed by atoms with Crippen LogP contribution in [0.3, 0.4) is 0 Å². The van der Waals surface area contributed by atoms with E-state index in [2.05, 4.69) is 76.7 Å². The first-order chi connectivity index (χ1) is 15.7. The number of fused-ring (bicyclic) bond motifs is 3. The van der Waals surface area contributed by atoms with Crippen molar-refractivity contribution in [3.05, 3.63) is 23.3 Å². The molecule has 1 saturated carbocycles. The third-order valence-electron chi connectivity index (χ3n) is 7.26. The Kier molecular flexibility index (Phi) is 9.00. The molecule has 1 heterocycles. The average molecular weight is 580 g/mol. The van der Waals surface area contributed by atoms with Crippen molar-refractivity contribution in [2.24, 2.45) is 10.9 Å². The molecule has 0 unspecified atom stereocenters. The van der Waals surface area contributed by atoms with E-state index in [1.165, 1.54) is 0 Å². The number of nitrogens with zero attached hydrogens (tertiary/aromatic N) is 1. The summed E-state index contributed by atoms with van der Waals surface area (Å²) in [5.41, 5.74) is 1.10. The van der Waals surface area contributed by atoms with Crippen LogP contribution in [0.4, 0.5) is 0 Å². The van der Waals surface area contributed by atoms with Gasteiger partial charge in [0.1, 0.15) is 17.3 Å². The lowest BCUT2D eigenvalue weighted by Crippen LogP contribution is -2.48. The summed E-state index contributed by atoms with van der Waals surface area (Å²) in [6.07, 6.45) is 7.17. The molecule has 0 amide bonds. The molecule has 0 saturated heterocycles. The van der Waals surface area contributed by atoms with E-state index in [0.29, 0.717) is 18.6 Å². The second-order valence-electron chi connectivity index (χ2n) is 10.1. The number of carbonyl (C=O) groups is 1. The highest BCUT2D eigenvalue weighted by molar-refractivity contribution is 14.1. The van der Waals surface area contributed by atoms with Crippen LogP contribution in [0.1, 0.15) is 89.2 Å². The Morgan fingerprint density at radius 1 is 1.30 bits per heavy atom. The lowest BCUT2D eigenvalue weighted by Gasteiger charge is -2.46. The third-order valence-corrected chi connectivity index (χ3v) is 7.77. The van der Waals surface area contributed by atoms with Gasteiger partial charge in [0.2, 0.25) is 0 Å². The van der Waals surface area contributed by atoms with E-state index in [4.69, 9.17) is 4.74 Å². The normalized spacial score (nSPS) is 23.9. The fourth-order valence-electron chi connectivity index (χ4n) is 5.36. The number of halogens is 1. The Morgan fingerprint density at radius 3 is 2.79 bits per heavy atom. The number of alkyl halides is 1. The van der Waals surface area contributed by atoms with Gasteiger partial charge in [0, 0.05) is 36.8 Å². The first kappa shape index (κ1) is 26.2. The minimum absolute atomic E-state index is 0.0456. The maximum Gasteiger partial charge on any atom is 0.169 e. The molecule has 1 aromatic rings. The number of ether oxygens (including phenoxy) is 1. The summed E-state index contributed by atoms with van der Waals surface area (Å²) < 4.78 is 7.28. The highest BCUT2D eigenvalue weighted by Crippen LogP contribution is 2.54.